The van der Waals surface area contributed by atoms with Crippen LogP contribution in [-0.4, -0.2) is 231 Å². The minimum Gasteiger partial charge on any atom is -0.480 e. The average Bonchev–Trinajstić information content (AvgIpc) is 1.73. The number of hydrogen-bond acceptors (Lipinski definition) is 19. The van der Waals surface area contributed by atoms with E-state index in [-0.39, 0.29) is 116 Å². The zero-order valence-electron chi connectivity index (χ0n) is 64.5. The van der Waals surface area contributed by atoms with E-state index in [0.717, 1.165) is 46.2 Å². The fourth-order valence-electron chi connectivity index (χ4n) is 12.9. The number of carbonyl (C=O) groups excluding carboxylic acids is 11. The first kappa shape index (κ1) is 90.7. The number of benzene rings is 3. The number of aromatic amines is 1. The largest absolute Gasteiger partial charge is 0.480 e. The number of carboxylic acids is 1. The Morgan fingerprint density at radius 1 is 0.628 bits per heavy atom. The number of aromatic nitrogens is 1. The molecule has 38 nitrogen and oxygen atoms in total. The number of hydrogen-bond donors (Lipinski definition) is 25. The van der Waals surface area contributed by atoms with Gasteiger partial charge in [-0.25, -0.2) is 4.79 Å². The van der Waals surface area contributed by atoms with Gasteiger partial charge in [-0.05, 0) is 118 Å². The van der Waals surface area contributed by atoms with Crippen LogP contribution < -0.4 is 97.4 Å². The molecule has 0 aliphatic carbocycles. The Morgan fingerprint density at radius 3 is 1.68 bits per heavy atom. The molecule has 4 aromatic rings. The van der Waals surface area contributed by atoms with Crippen LogP contribution in [0.15, 0.2) is 72.9 Å². The summed E-state index contributed by atoms with van der Waals surface area (Å²) in [5, 5.41) is 92.2. The molecule has 12 atom stereocenters. The van der Waals surface area contributed by atoms with E-state index in [1.54, 1.807) is 57.3 Å². The standard InChI is InChI=1S/C73H110N24O14S2/c1-38(98)54(64(107)91-49(24-15-31-85-71(80)81)60(103)96-56(67(110)111)72(3,4)5)94-65(108)55-73(6,7)113-112-37-52(87-39(2)99)62(105)90-47(22-13-29-83-69(76)77)58(101)88-46(21-12-28-82-68(74)75)57(100)89-48(23-14-30-84-70(78)79)59(102)92-50(34-40-26-27-41-17-8-9-18-42(41)33-40)61(104)93-51(35-43-36-86-45-20-11-10-19-44(43)45)66(109)97-32-16-25-53(97)63(106)95-55/h8-11,17-20,26-27,33,36,38,46-56,86,98H,12-16,21-25,28-32,34-35,37H2,1-7H3,(H,87,99)(H,88,101)(H,89,100)(H,90,105)(H,91,107)(H,92,102)(H,93,104)(H,94,108)(H,95,106)(H,96,103)(H,110,111)(H4,74,75,82)(H4,76,77,83)(H4,78,79,84)(H4,80,81,85)/t38-,46+,47-,48+,49+,50+,51+,52+,53+,54+,55-,56-/m1/s1. The molecule has 2 aliphatic heterocycles. The highest BCUT2D eigenvalue weighted by Gasteiger charge is 2.46. The maximum atomic E-state index is 15.8. The highest BCUT2D eigenvalue weighted by Crippen LogP contribution is 2.39. The fraction of sp³-hybridized carbons (Fsp3) is 0.534. The molecule has 113 heavy (non-hydrogen) atoms. The smallest absolute Gasteiger partial charge is 0.326 e. The first-order valence-corrected chi connectivity index (χ1v) is 39.5. The molecule has 11 amide bonds. The van der Waals surface area contributed by atoms with Crippen LogP contribution in [0, 0.1) is 27.1 Å². The first-order chi connectivity index (χ1) is 53.3. The lowest BCUT2D eigenvalue weighted by Crippen LogP contribution is -2.64. The van der Waals surface area contributed by atoms with Gasteiger partial charge in [0, 0.05) is 80.1 Å². The van der Waals surface area contributed by atoms with Crippen LogP contribution in [0.5, 0.6) is 0 Å². The molecule has 29 N–H and O–H groups in total. The van der Waals surface area contributed by atoms with E-state index < -0.39 is 178 Å². The molecular formula is C73H110N24O14S2. The SMILES string of the molecule is CC(=O)N[C@H]1CSSC(C)(C)[C@@H](C(=O)N[C@H](C(=O)N[C@@H](CCCNC(=N)N)C(=O)N[C@H](C(=O)O)C(C)(C)C)[C@@H](C)O)NC(=O)[C@@H]2CCCN2C(=O)[C@H](Cc2c[nH]c3ccccc23)NC(=O)[C@H](Cc2ccc3ccccc3c2)NC(=O)[C@H](CCCNC(=N)N)NC(=O)[C@H](CCCNC(=N)N)NC(=O)[C@@H](CCCNC(=N)N)NC1=O. The van der Waals surface area contributed by atoms with Crippen LogP contribution in [0.2, 0.25) is 0 Å². The Labute approximate surface area is 662 Å². The first-order valence-electron chi connectivity index (χ1n) is 37.2. The van der Waals surface area contributed by atoms with Crippen molar-refractivity contribution in [1.82, 2.24) is 84.3 Å². The maximum absolute atomic E-state index is 15.8. The summed E-state index contributed by atoms with van der Waals surface area (Å²) in [6, 6.07) is 2.80. The van der Waals surface area contributed by atoms with Crippen LogP contribution in [0.1, 0.15) is 124 Å². The third-order valence-corrected chi connectivity index (χ3v) is 22.1. The Hall–Kier alpha value is -11.2. The number of fused-ring (bicyclic) bond motifs is 3. The number of nitrogens with zero attached hydrogens (tertiary/aromatic N) is 1. The molecule has 2 saturated heterocycles. The molecule has 1 aromatic heterocycles. The van der Waals surface area contributed by atoms with E-state index >= 15 is 28.8 Å². The molecular weight excluding hydrogens is 1500 g/mol. The lowest BCUT2D eigenvalue weighted by atomic mass is 9.86. The number of aliphatic hydroxyl groups is 1. The van der Waals surface area contributed by atoms with E-state index in [1.807, 2.05) is 36.4 Å². The monoisotopic (exact) mass is 1610 g/mol. The Bertz CT molecular complexity index is 4100. The highest BCUT2D eigenvalue weighted by atomic mass is 33.1. The van der Waals surface area contributed by atoms with Gasteiger partial charge in [-0.2, -0.15) is 0 Å². The molecule has 3 aromatic carbocycles. The van der Waals surface area contributed by atoms with E-state index in [4.69, 9.17) is 44.6 Å². The van der Waals surface area contributed by atoms with Crippen molar-refractivity contribution in [3.05, 3.63) is 84.1 Å². The van der Waals surface area contributed by atoms with Crippen LogP contribution in [0.4, 0.5) is 0 Å². The van der Waals surface area contributed by atoms with Crippen LogP contribution >= 0.6 is 21.6 Å². The Kier molecular flexibility index (Phi) is 34.5. The summed E-state index contributed by atoms with van der Waals surface area (Å²) in [6.45, 7) is 10.0. The number of nitrogens with one attached hydrogen (secondary N) is 19. The summed E-state index contributed by atoms with van der Waals surface area (Å²) in [5.41, 5.74) is 23.1. The van der Waals surface area contributed by atoms with Crippen molar-refractivity contribution in [3.8, 4) is 0 Å². The number of aliphatic carboxylic acids is 1. The number of amides is 11. The van der Waals surface area contributed by atoms with Gasteiger partial charge in [-0.3, -0.25) is 74.4 Å². The normalized spacial score (nSPS) is 21.5. The molecule has 0 unspecified atom stereocenters. The van der Waals surface area contributed by atoms with Crippen LogP contribution in [0.3, 0.4) is 0 Å². The van der Waals surface area contributed by atoms with Crippen molar-refractivity contribution < 1.29 is 67.7 Å². The third kappa shape index (κ3) is 28.5. The number of guanidine groups is 4. The van der Waals surface area contributed by atoms with Crippen LogP contribution in [-0.2, 0) is 70.4 Å². The third-order valence-electron chi connectivity index (χ3n) is 18.8. The Morgan fingerprint density at radius 2 is 1.14 bits per heavy atom. The number of H-pyrrole nitrogens is 1. The molecule has 0 bridgehead atoms. The zero-order chi connectivity index (χ0) is 83.4. The van der Waals surface area contributed by atoms with Gasteiger partial charge < -0.3 is 117 Å². The van der Waals surface area contributed by atoms with Gasteiger partial charge in [0.1, 0.15) is 66.5 Å². The fourth-order valence-corrected chi connectivity index (χ4v) is 15.7. The zero-order valence-corrected chi connectivity index (χ0v) is 66.1. The summed E-state index contributed by atoms with van der Waals surface area (Å²) < 4.78 is -1.59. The van der Waals surface area contributed by atoms with Crippen molar-refractivity contribution in [2.24, 2.45) is 28.3 Å². The molecule has 2 aliphatic rings. The summed E-state index contributed by atoms with van der Waals surface area (Å²) in [6.07, 6.45) is -0.743. The van der Waals surface area contributed by atoms with Crippen molar-refractivity contribution in [1.29, 1.82) is 21.6 Å². The number of aliphatic hydroxyl groups excluding tert-OH is 1. The predicted octanol–water partition coefficient (Wildman–Crippen LogP) is -2.30. The van der Waals surface area contributed by atoms with E-state index in [9.17, 15) is 39.0 Å². The molecule has 3 heterocycles. The number of rotatable bonds is 29. The minimum atomic E-state index is -1.92. The Balaban J connectivity index is 1.51. The lowest BCUT2D eigenvalue weighted by molar-refractivity contribution is -0.145. The van der Waals surface area contributed by atoms with Gasteiger partial charge in [0.05, 0.1) is 6.10 Å². The topological polar surface area (TPSA) is 632 Å². The van der Waals surface area contributed by atoms with Crippen LogP contribution in [0.25, 0.3) is 21.7 Å². The number of para-hydroxylation sites is 1. The van der Waals surface area contributed by atoms with Gasteiger partial charge in [-0.15, -0.1) is 0 Å². The van der Waals surface area contributed by atoms with Gasteiger partial charge in [0.15, 0.2) is 23.8 Å². The quantitative estimate of drug-likeness (QED) is 0.0118. The molecule has 0 radical (unpaired) electrons. The van der Waals surface area contributed by atoms with Crippen molar-refractivity contribution in [2.45, 2.75) is 203 Å². The van der Waals surface area contributed by atoms with Crippen molar-refractivity contribution in [2.75, 3.05) is 38.5 Å². The summed E-state index contributed by atoms with van der Waals surface area (Å²) in [5.74, 6) is -13.5. The van der Waals surface area contributed by atoms with E-state index in [2.05, 4.69) is 79.4 Å². The molecule has 0 spiro atoms. The second kappa shape index (κ2) is 43.0. The number of nitrogens with two attached hydrogens (primary N) is 4. The second-order valence-corrected chi connectivity index (χ2v) is 32.5. The van der Waals surface area contributed by atoms with Gasteiger partial charge in [0.25, 0.3) is 0 Å². The van der Waals surface area contributed by atoms with E-state index in [0.29, 0.717) is 22.0 Å². The van der Waals surface area contributed by atoms with Gasteiger partial charge in [-0.1, -0.05) is 103 Å². The maximum Gasteiger partial charge on any atom is 0.326 e. The molecule has 40 heteroatoms. The van der Waals surface area contributed by atoms with Gasteiger partial charge >= 0.3 is 5.97 Å². The second-order valence-electron chi connectivity index (χ2n) is 29.5. The molecule has 6 rings (SSSR count). The molecule has 2 fully saturated rings. The predicted molar refractivity (Wildman–Crippen MR) is 429 cm³/mol. The van der Waals surface area contributed by atoms with Gasteiger partial charge in [0.2, 0.25) is 65.0 Å². The number of carbonyl (C=O) groups is 12. The highest BCUT2D eigenvalue weighted by molar-refractivity contribution is 8.77. The van der Waals surface area contributed by atoms with E-state index in [1.165, 1.54) is 18.7 Å². The lowest BCUT2D eigenvalue weighted by Gasteiger charge is -2.36. The molecule has 618 valence electrons. The van der Waals surface area contributed by atoms with Crippen molar-refractivity contribution in [3.63, 3.8) is 0 Å². The summed E-state index contributed by atoms with van der Waals surface area (Å²) in [4.78, 5) is 181. The summed E-state index contributed by atoms with van der Waals surface area (Å²) in [7, 11) is 1.82. The number of carboxylic acid groups (broad SMARTS) is 1. The summed E-state index contributed by atoms with van der Waals surface area (Å²) >= 11 is 0. The molecule has 0 saturated carbocycles. The van der Waals surface area contributed by atoms with Crippen molar-refractivity contribution >= 4 is 138 Å². The average molecular weight is 1610 g/mol. The minimum absolute atomic E-state index is 0.00432.